The summed E-state index contributed by atoms with van der Waals surface area (Å²) < 4.78 is 11.6. The fourth-order valence-corrected chi connectivity index (χ4v) is 11.6. The maximum absolute atomic E-state index is 14.1. The molecule has 19 nitrogen and oxygen atoms in total. The van der Waals surface area contributed by atoms with Crippen LogP contribution in [0.5, 0.6) is 0 Å². The molecule has 1 aromatic rings. The van der Waals surface area contributed by atoms with Crippen LogP contribution in [0.2, 0.25) is 0 Å². The fourth-order valence-electron chi connectivity index (χ4n) is 10.5. The number of benzene rings is 1. The van der Waals surface area contributed by atoms with Gasteiger partial charge in [-0.15, -0.1) is 0 Å². The van der Waals surface area contributed by atoms with Crippen LogP contribution in [-0.4, -0.2) is 126 Å². The lowest BCUT2D eigenvalue weighted by Gasteiger charge is -2.25. The molecule has 0 spiro atoms. The first-order valence-corrected chi connectivity index (χ1v) is 36.1. The van der Waals surface area contributed by atoms with Crippen molar-refractivity contribution in [2.45, 2.75) is 314 Å². The van der Waals surface area contributed by atoms with Crippen LogP contribution in [0.25, 0.3) is 0 Å². The molecule has 0 fully saturated rings. The van der Waals surface area contributed by atoms with E-state index in [0.717, 1.165) is 64.2 Å². The zero-order valence-corrected chi connectivity index (χ0v) is 56.3. The minimum Gasteiger partial charge on any atom is -0.462 e. The van der Waals surface area contributed by atoms with Crippen LogP contribution in [0, 0.1) is 0 Å². The summed E-state index contributed by atoms with van der Waals surface area (Å²) in [5.74, 6) is -5.20. The number of carbonyl (C=O) groups is 8. The van der Waals surface area contributed by atoms with Crippen molar-refractivity contribution in [2.75, 3.05) is 43.6 Å². The molecule has 5 atom stereocenters. The second kappa shape index (κ2) is 57.0. The average Bonchev–Trinajstić information content (AvgIpc) is 3.70. The third-order valence-electron chi connectivity index (χ3n) is 16.1. The molecule has 0 radical (unpaired) electrons. The Bertz CT molecular complexity index is 2040. The third-order valence-corrected chi connectivity index (χ3v) is 17.3. The molecule has 512 valence electrons. The average molecular weight is 1270 g/mol. The first-order chi connectivity index (χ1) is 43.2. The van der Waals surface area contributed by atoms with E-state index in [2.05, 4.69) is 47.4 Å². The highest BCUT2D eigenvalue weighted by Gasteiger charge is 2.31. The number of para-hydroxylation sites is 1. The van der Waals surface area contributed by atoms with E-state index in [9.17, 15) is 48.6 Å². The highest BCUT2D eigenvalue weighted by atomic mass is 32.2. The van der Waals surface area contributed by atoms with Gasteiger partial charge in [-0.3, -0.25) is 38.4 Å². The number of hydrogen-bond acceptors (Lipinski definition) is 14. The molecule has 1 aromatic carbocycles. The molecule has 6 amide bonds. The Morgan fingerprint density at radius 3 is 1.28 bits per heavy atom. The van der Waals surface area contributed by atoms with Gasteiger partial charge in [-0.2, -0.15) is 11.8 Å². The van der Waals surface area contributed by atoms with Gasteiger partial charge in [0.05, 0.1) is 18.8 Å². The number of esters is 2. The van der Waals surface area contributed by atoms with Gasteiger partial charge < -0.3 is 57.7 Å². The smallest absolute Gasteiger partial charge is 0.306 e. The Kier molecular flexibility index (Phi) is 52.5. The number of carbonyl (C=O) groups excluding carboxylic acids is 8. The summed E-state index contributed by atoms with van der Waals surface area (Å²) in [6.45, 7) is 4.87. The van der Waals surface area contributed by atoms with Crippen molar-refractivity contribution in [1.29, 1.82) is 0 Å². The van der Waals surface area contributed by atoms with Crippen molar-refractivity contribution in [3.8, 4) is 0 Å². The lowest BCUT2D eigenvalue weighted by molar-refractivity contribution is -0.157. The number of thioether (sulfide) groups is 1. The van der Waals surface area contributed by atoms with Gasteiger partial charge >= 0.3 is 11.9 Å². The number of nitrogens with one attached hydrogen (secondary N) is 5. The zero-order valence-electron chi connectivity index (χ0n) is 55.5. The first kappa shape index (κ1) is 82.1. The SMILES string of the molecule is CCCCCCCCCCCCCCCC(=O)N[C@@H](CSC[C@@H](COC(=O)CCCCCCCCCCCC)OC(=O)CCCCCCCCCCCCCC)C(=O)N[C@H](CO)C(=O)N[C@H](CO)C(=O)N[C@H](CCCCNC(=O)c1ccccc1N)C(N)=O. The Balaban J connectivity index is 3.07. The Labute approximate surface area is 540 Å². The quantitative estimate of drug-likeness (QED) is 0.0166. The molecule has 0 aromatic heterocycles. The van der Waals surface area contributed by atoms with E-state index in [1.807, 2.05) is 0 Å². The van der Waals surface area contributed by atoms with Crippen LogP contribution in [-0.2, 0) is 43.0 Å². The molecule has 1 rings (SSSR count). The monoisotopic (exact) mass is 1270 g/mol. The fraction of sp³-hybridized carbons (Fsp3) is 0.797. The van der Waals surface area contributed by atoms with Crippen LogP contribution < -0.4 is 38.1 Å². The lowest BCUT2D eigenvalue weighted by atomic mass is 10.0. The van der Waals surface area contributed by atoms with Crippen LogP contribution >= 0.6 is 11.8 Å². The number of primary amides is 1. The summed E-state index contributed by atoms with van der Waals surface area (Å²) in [6.07, 6.45) is 40.3. The summed E-state index contributed by atoms with van der Waals surface area (Å²) in [6, 6.07) is 0.892. The largest absolute Gasteiger partial charge is 0.462 e. The van der Waals surface area contributed by atoms with Crippen molar-refractivity contribution < 1.29 is 58.0 Å². The third kappa shape index (κ3) is 45.0. The van der Waals surface area contributed by atoms with E-state index >= 15 is 0 Å². The second-order valence-corrected chi connectivity index (χ2v) is 25.4. The normalized spacial score (nSPS) is 12.9. The van der Waals surface area contributed by atoms with Gasteiger partial charge in [0.2, 0.25) is 29.5 Å². The lowest BCUT2D eigenvalue weighted by Crippen LogP contribution is -2.60. The van der Waals surface area contributed by atoms with E-state index in [1.165, 1.54) is 153 Å². The predicted molar refractivity (Wildman–Crippen MR) is 359 cm³/mol. The number of hydrogen-bond donors (Lipinski definition) is 9. The van der Waals surface area contributed by atoms with E-state index in [1.54, 1.807) is 24.3 Å². The molecule has 0 saturated carbocycles. The number of nitrogen functional groups attached to an aromatic ring is 1. The first-order valence-electron chi connectivity index (χ1n) is 35.0. The Hall–Kier alpha value is -4.95. The Morgan fingerprint density at radius 2 is 0.854 bits per heavy atom. The second-order valence-electron chi connectivity index (χ2n) is 24.3. The summed E-state index contributed by atoms with van der Waals surface area (Å²) in [4.78, 5) is 106. The van der Waals surface area contributed by atoms with Crippen LogP contribution in [0.15, 0.2) is 24.3 Å². The molecule has 0 unspecified atom stereocenters. The van der Waals surface area contributed by atoms with Crippen LogP contribution in [0.1, 0.15) is 294 Å². The number of rotatable bonds is 61. The van der Waals surface area contributed by atoms with E-state index in [-0.39, 0.29) is 62.2 Å². The van der Waals surface area contributed by atoms with Crippen LogP contribution in [0.4, 0.5) is 5.69 Å². The highest BCUT2D eigenvalue weighted by molar-refractivity contribution is 7.99. The highest BCUT2D eigenvalue weighted by Crippen LogP contribution is 2.18. The van der Waals surface area contributed by atoms with Gasteiger partial charge in [0.1, 0.15) is 36.9 Å². The van der Waals surface area contributed by atoms with Gasteiger partial charge in [0.25, 0.3) is 5.91 Å². The van der Waals surface area contributed by atoms with Gasteiger partial charge in [0.15, 0.2) is 0 Å². The van der Waals surface area contributed by atoms with Crippen molar-refractivity contribution in [2.24, 2.45) is 5.73 Å². The molecule has 0 aliphatic carbocycles. The topological polar surface area (TPSA) is 308 Å². The summed E-state index contributed by atoms with van der Waals surface area (Å²) >= 11 is 1.19. The molecule has 0 bridgehead atoms. The van der Waals surface area contributed by atoms with E-state index in [4.69, 9.17) is 20.9 Å². The van der Waals surface area contributed by atoms with Crippen LogP contribution in [0.3, 0.4) is 0 Å². The summed E-state index contributed by atoms with van der Waals surface area (Å²) in [7, 11) is 0. The van der Waals surface area contributed by atoms with Gasteiger partial charge in [-0.05, 0) is 50.7 Å². The number of anilines is 1. The number of aliphatic hydroxyl groups is 2. The summed E-state index contributed by atoms with van der Waals surface area (Å²) in [5.41, 5.74) is 12.1. The van der Waals surface area contributed by atoms with Crippen molar-refractivity contribution >= 4 is 64.8 Å². The van der Waals surface area contributed by atoms with Crippen molar-refractivity contribution in [3.05, 3.63) is 29.8 Å². The molecule has 20 heteroatoms. The number of nitrogens with two attached hydrogens (primary N) is 2. The van der Waals surface area contributed by atoms with Gasteiger partial charge in [0, 0.05) is 43.0 Å². The van der Waals surface area contributed by atoms with Gasteiger partial charge in [-0.25, -0.2) is 0 Å². The van der Waals surface area contributed by atoms with Crippen molar-refractivity contribution in [1.82, 2.24) is 26.6 Å². The Morgan fingerprint density at radius 1 is 0.461 bits per heavy atom. The standard InChI is InChI=1S/C69H123N7O12S/c1-4-7-10-13-16-19-22-24-25-27-30-33-36-46-62(79)73-61(69(86)76-60(51-78)68(85)75-59(50-77)67(84)74-58(65(71)82)45-41-42-49-72-66(83)56-43-39-40-44-57(56)70)54-89-53-55(52-87-63(80)47-37-34-31-28-21-18-15-12-9-6-3)88-64(81)48-38-35-32-29-26-23-20-17-14-11-8-5-2/h39-40,43-44,55,58-61,77-78H,4-38,41-42,45-54,70H2,1-3H3,(H2,71,82)(H,72,83)(H,73,79)(H,74,84)(H,75,85)(H,76,86)/t55-,58-,59-,60-,61+/m1/s1. The number of amides is 6. The van der Waals surface area contributed by atoms with Gasteiger partial charge in [-0.1, -0.05) is 238 Å². The molecule has 0 heterocycles. The molecule has 0 saturated heterocycles. The van der Waals surface area contributed by atoms with E-state index in [0.29, 0.717) is 43.4 Å². The molecule has 11 N–H and O–H groups in total. The maximum atomic E-state index is 14.1. The number of unbranched alkanes of at least 4 members (excludes halogenated alkanes) is 33. The van der Waals surface area contributed by atoms with E-state index < -0.39 is 79.0 Å². The molecule has 0 aliphatic heterocycles. The van der Waals surface area contributed by atoms with Crippen molar-refractivity contribution in [3.63, 3.8) is 0 Å². The minimum absolute atomic E-state index is 0.0561. The zero-order chi connectivity index (χ0) is 65.4. The maximum Gasteiger partial charge on any atom is 0.306 e. The molecular weight excluding hydrogens is 1150 g/mol. The number of aliphatic hydroxyl groups excluding tert-OH is 2. The molecule has 0 aliphatic rings. The molecule has 89 heavy (non-hydrogen) atoms. The number of ether oxygens (including phenoxy) is 2. The molecular formula is C69H123N7O12S. The minimum atomic E-state index is -1.65. The summed E-state index contributed by atoms with van der Waals surface area (Å²) in [5, 5.41) is 33.4. The predicted octanol–water partition coefficient (Wildman–Crippen LogP) is 11.6.